The molecule has 0 bridgehead atoms. The lowest BCUT2D eigenvalue weighted by Crippen LogP contribution is -2.54. The molecule has 2 heterocycles. The van der Waals surface area contributed by atoms with Crippen molar-refractivity contribution in [2.24, 2.45) is 5.73 Å². The number of amides is 1. The lowest BCUT2D eigenvalue weighted by molar-refractivity contribution is -0.139. The molecule has 1 aliphatic heterocycles. The number of benzene rings is 2. The number of carbonyl (C=O) groups is 2. The predicted molar refractivity (Wildman–Crippen MR) is 149 cm³/mol. The summed E-state index contributed by atoms with van der Waals surface area (Å²) < 4.78 is 0. The Morgan fingerprint density at radius 2 is 1.81 bits per heavy atom. The van der Waals surface area contributed by atoms with Crippen molar-refractivity contribution in [1.82, 2.24) is 20.2 Å². The number of aromatic nitrogens is 2. The number of hydrogen-bond donors (Lipinski definition) is 6. The molecule has 0 radical (unpaired) electrons. The molecule has 10 nitrogen and oxygen atoms in total. The van der Waals surface area contributed by atoms with E-state index in [-0.39, 0.29) is 43.1 Å². The molecule has 1 amide bonds. The van der Waals surface area contributed by atoms with Crippen molar-refractivity contribution in [3.8, 4) is 0 Å². The second-order valence-electron chi connectivity index (χ2n) is 9.03. The summed E-state index contributed by atoms with van der Waals surface area (Å²) in [6, 6.07) is 11.0. The molecular formula is C25H33Cl2N7O3. The average molecular weight is 550 g/mol. The Balaban J connectivity index is 0.00000241. The summed E-state index contributed by atoms with van der Waals surface area (Å²) in [7, 11) is 0. The van der Waals surface area contributed by atoms with E-state index >= 15 is 0 Å². The number of rotatable bonds is 9. The molecule has 3 aromatic rings. The van der Waals surface area contributed by atoms with E-state index < -0.39 is 11.5 Å². The fourth-order valence-electron chi connectivity index (χ4n) is 4.62. The molecule has 0 aliphatic carbocycles. The zero-order chi connectivity index (χ0) is 25.2. The first-order valence-corrected chi connectivity index (χ1v) is 11.6. The summed E-state index contributed by atoms with van der Waals surface area (Å²) >= 11 is 0. The Morgan fingerprint density at radius 3 is 2.41 bits per heavy atom. The van der Waals surface area contributed by atoms with Crippen molar-refractivity contribution < 1.29 is 14.7 Å². The first-order chi connectivity index (χ1) is 16.7. The molecule has 200 valence electrons. The number of carboxylic acids is 1. The SMILES string of the molecule is Cc1c(C(C)(NCC(=O)O)C(=O)N2CCCC2)ccc2[nH]c(CNc3ccc(C(=N)N)cc3)nc12.Cl.Cl. The third-order valence-corrected chi connectivity index (χ3v) is 6.57. The zero-order valence-corrected chi connectivity index (χ0v) is 22.4. The summed E-state index contributed by atoms with van der Waals surface area (Å²) in [5, 5.41) is 23.1. The Hall–Kier alpha value is -3.34. The van der Waals surface area contributed by atoms with Gasteiger partial charge < -0.3 is 26.0 Å². The van der Waals surface area contributed by atoms with Crippen LogP contribution in [-0.2, 0) is 21.7 Å². The highest BCUT2D eigenvalue weighted by molar-refractivity contribution is 5.95. The van der Waals surface area contributed by atoms with Crippen molar-refractivity contribution in [3.63, 3.8) is 0 Å². The van der Waals surface area contributed by atoms with Crippen molar-refractivity contribution in [1.29, 1.82) is 5.41 Å². The summed E-state index contributed by atoms with van der Waals surface area (Å²) in [5.41, 5.74) is 8.97. The van der Waals surface area contributed by atoms with E-state index in [1.807, 2.05) is 31.2 Å². The van der Waals surface area contributed by atoms with Gasteiger partial charge in [0.05, 0.1) is 24.1 Å². The van der Waals surface area contributed by atoms with Crippen LogP contribution >= 0.6 is 24.8 Å². The predicted octanol–water partition coefficient (Wildman–Crippen LogP) is 3.12. The van der Waals surface area contributed by atoms with Gasteiger partial charge in [0.15, 0.2) is 0 Å². The number of hydrogen-bond acceptors (Lipinski definition) is 6. The van der Waals surface area contributed by atoms with Crippen LogP contribution in [0.15, 0.2) is 36.4 Å². The first-order valence-electron chi connectivity index (χ1n) is 11.6. The second kappa shape index (κ2) is 12.3. The maximum atomic E-state index is 13.5. The number of amidine groups is 1. The van der Waals surface area contributed by atoms with Crippen molar-refractivity contribution in [2.45, 2.75) is 38.8 Å². The van der Waals surface area contributed by atoms with Gasteiger partial charge in [0.25, 0.3) is 0 Å². The molecule has 0 saturated carbocycles. The fourth-order valence-corrected chi connectivity index (χ4v) is 4.62. The van der Waals surface area contributed by atoms with Gasteiger partial charge in [-0.2, -0.15) is 0 Å². The normalized spacial score (nSPS) is 14.4. The summed E-state index contributed by atoms with van der Waals surface area (Å²) in [6.45, 7) is 5.14. The third kappa shape index (κ3) is 6.33. The van der Waals surface area contributed by atoms with E-state index in [0.29, 0.717) is 30.8 Å². The summed E-state index contributed by atoms with van der Waals surface area (Å²) in [6.07, 6.45) is 1.90. The number of nitrogens with zero attached hydrogens (tertiary/aromatic N) is 2. The van der Waals surface area contributed by atoms with E-state index in [4.69, 9.17) is 16.1 Å². The van der Waals surface area contributed by atoms with Gasteiger partial charge in [-0.25, -0.2) is 4.98 Å². The molecule has 2 aromatic carbocycles. The number of aromatic amines is 1. The number of H-pyrrole nitrogens is 1. The van der Waals surface area contributed by atoms with Gasteiger partial charge in [0.1, 0.15) is 17.2 Å². The van der Waals surface area contributed by atoms with Crippen molar-refractivity contribution >= 4 is 59.2 Å². The van der Waals surface area contributed by atoms with Crippen LogP contribution in [-0.4, -0.2) is 57.3 Å². The molecule has 37 heavy (non-hydrogen) atoms. The smallest absolute Gasteiger partial charge is 0.317 e. The topological polar surface area (TPSA) is 160 Å². The number of nitrogens with one attached hydrogen (secondary N) is 4. The maximum absolute atomic E-state index is 13.5. The minimum Gasteiger partial charge on any atom is -0.480 e. The number of aryl methyl sites for hydroxylation is 1. The molecule has 7 N–H and O–H groups in total. The van der Waals surface area contributed by atoms with Crippen LogP contribution in [0.2, 0.25) is 0 Å². The standard InChI is InChI=1S/C25H31N7O3.2ClH/c1-15-18(25(2,29-14-21(33)34)24(35)32-11-3-4-12-32)9-10-19-22(15)31-20(30-19)13-28-17-7-5-16(6-8-17)23(26)27;;/h5-10,28-29H,3-4,11-14H2,1-2H3,(H3,26,27)(H,30,31)(H,33,34);2*1H. The van der Waals surface area contributed by atoms with Crippen LogP contribution in [0.4, 0.5) is 5.69 Å². The first kappa shape index (κ1) is 29.9. The summed E-state index contributed by atoms with van der Waals surface area (Å²) in [4.78, 5) is 34.7. The molecule has 12 heteroatoms. The molecule has 1 atom stereocenters. The van der Waals surface area contributed by atoms with Crippen LogP contribution in [0.3, 0.4) is 0 Å². The lowest BCUT2D eigenvalue weighted by Gasteiger charge is -2.34. The molecule has 1 aromatic heterocycles. The van der Waals surface area contributed by atoms with Crippen LogP contribution in [0.25, 0.3) is 11.0 Å². The average Bonchev–Trinajstić information content (AvgIpc) is 3.52. The van der Waals surface area contributed by atoms with E-state index in [9.17, 15) is 14.7 Å². The van der Waals surface area contributed by atoms with Crippen molar-refractivity contribution in [3.05, 3.63) is 58.9 Å². The highest BCUT2D eigenvalue weighted by Gasteiger charge is 2.40. The number of fused-ring (bicyclic) bond motifs is 1. The molecule has 1 unspecified atom stereocenters. The van der Waals surface area contributed by atoms with Gasteiger partial charge in [0, 0.05) is 24.3 Å². The van der Waals surface area contributed by atoms with Crippen LogP contribution in [0.5, 0.6) is 0 Å². The fraction of sp³-hybridized carbons (Fsp3) is 0.360. The minimum atomic E-state index is -1.18. The summed E-state index contributed by atoms with van der Waals surface area (Å²) in [5.74, 6) is -0.395. The molecule has 1 aliphatic rings. The quantitative estimate of drug-likeness (QED) is 0.176. The Morgan fingerprint density at radius 1 is 1.16 bits per heavy atom. The van der Waals surface area contributed by atoms with E-state index in [0.717, 1.165) is 41.0 Å². The number of anilines is 1. The zero-order valence-electron chi connectivity index (χ0n) is 20.8. The van der Waals surface area contributed by atoms with Gasteiger partial charge in [-0.15, -0.1) is 24.8 Å². The minimum absolute atomic E-state index is 0. The number of carboxylic acid groups (broad SMARTS) is 1. The van der Waals surface area contributed by atoms with Crippen molar-refractivity contribution in [2.75, 3.05) is 25.0 Å². The Bertz CT molecular complexity index is 1270. The molecule has 1 saturated heterocycles. The van der Waals surface area contributed by atoms with E-state index in [2.05, 4.69) is 15.6 Å². The number of nitrogen functional groups attached to an aromatic ring is 1. The number of carbonyl (C=O) groups excluding carboxylic acids is 1. The van der Waals surface area contributed by atoms with Gasteiger partial charge in [-0.1, -0.05) is 6.07 Å². The van der Waals surface area contributed by atoms with Gasteiger partial charge in [0.2, 0.25) is 5.91 Å². The monoisotopic (exact) mass is 549 g/mol. The number of likely N-dealkylation sites (tertiary alicyclic amines) is 1. The second-order valence-corrected chi connectivity index (χ2v) is 9.03. The van der Waals surface area contributed by atoms with Gasteiger partial charge >= 0.3 is 5.97 Å². The maximum Gasteiger partial charge on any atom is 0.317 e. The highest BCUT2D eigenvalue weighted by Crippen LogP contribution is 2.32. The number of nitrogens with two attached hydrogens (primary N) is 1. The lowest BCUT2D eigenvalue weighted by atomic mass is 9.86. The molecule has 4 rings (SSSR count). The third-order valence-electron chi connectivity index (χ3n) is 6.57. The van der Waals surface area contributed by atoms with Crippen LogP contribution < -0.4 is 16.4 Å². The molecule has 1 fully saturated rings. The number of imidazole rings is 1. The van der Waals surface area contributed by atoms with Crippen LogP contribution in [0.1, 0.15) is 42.3 Å². The Kier molecular flexibility index (Phi) is 9.91. The molecular weight excluding hydrogens is 517 g/mol. The Labute approximate surface area is 227 Å². The van der Waals surface area contributed by atoms with E-state index in [1.54, 1.807) is 24.0 Å². The van der Waals surface area contributed by atoms with E-state index in [1.165, 1.54) is 0 Å². The largest absolute Gasteiger partial charge is 0.480 e. The number of aliphatic carboxylic acids is 1. The van der Waals surface area contributed by atoms with Gasteiger partial charge in [-0.05, 0) is 68.1 Å². The molecule has 0 spiro atoms. The number of halogens is 2. The highest BCUT2D eigenvalue weighted by atomic mass is 35.5. The van der Waals surface area contributed by atoms with Crippen LogP contribution in [0, 0.1) is 12.3 Å². The van der Waals surface area contributed by atoms with Gasteiger partial charge in [-0.3, -0.25) is 20.3 Å².